The molecular weight excluding hydrogens is 322 g/mol. The van der Waals surface area contributed by atoms with Crippen LogP contribution in [0.5, 0.6) is 11.5 Å². The van der Waals surface area contributed by atoms with Gasteiger partial charge in [-0.05, 0) is 36.2 Å². The van der Waals surface area contributed by atoms with Crippen molar-refractivity contribution in [2.45, 2.75) is 26.0 Å². The quantitative estimate of drug-likeness (QED) is 0.770. The number of ether oxygens (including phenoxy) is 2. The Morgan fingerprint density at radius 2 is 1.88 bits per heavy atom. The molecule has 2 aromatic carbocycles. The van der Waals surface area contributed by atoms with E-state index in [4.69, 9.17) is 9.47 Å². The van der Waals surface area contributed by atoms with Gasteiger partial charge in [-0.15, -0.1) is 0 Å². The normalized spacial score (nSPS) is 11.4. The van der Waals surface area contributed by atoms with Crippen molar-refractivity contribution < 1.29 is 24.2 Å². The maximum absolute atomic E-state index is 12.3. The average Bonchev–Trinajstić information content (AvgIpc) is 2.64. The molecule has 0 aliphatic rings. The molecule has 0 aliphatic carbocycles. The lowest BCUT2D eigenvalue weighted by atomic mass is 10.1. The molecule has 6 nitrogen and oxygen atoms in total. The summed E-state index contributed by atoms with van der Waals surface area (Å²) in [5.74, 6) is -0.425. The molecule has 2 rings (SSSR count). The second-order valence-corrected chi connectivity index (χ2v) is 5.39. The van der Waals surface area contributed by atoms with E-state index in [2.05, 4.69) is 5.32 Å². The standard InChI is InChI=1S/C19H21NO5/c1-3-16(25-14-7-5-4-6-8-14)18(21)20-12-13-9-10-17(24-2)15(11-13)19(22)23/h4-11,16H,3,12H2,1-2H3,(H,20,21)(H,22,23)/t16-/m0/s1. The van der Waals surface area contributed by atoms with Gasteiger partial charge in [0.1, 0.15) is 17.1 Å². The van der Waals surface area contributed by atoms with Crippen LogP contribution in [0, 0.1) is 0 Å². The number of nitrogens with one attached hydrogen (secondary N) is 1. The Morgan fingerprint density at radius 1 is 1.16 bits per heavy atom. The van der Waals surface area contributed by atoms with E-state index in [1.165, 1.54) is 13.2 Å². The number of rotatable bonds is 8. The van der Waals surface area contributed by atoms with Gasteiger partial charge in [-0.3, -0.25) is 4.79 Å². The van der Waals surface area contributed by atoms with E-state index in [0.717, 1.165) is 0 Å². The molecule has 1 atom stereocenters. The van der Waals surface area contributed by atoms with Crippen LogP contribution < -0.4 is 14.8 Å². The lowest BCUT2D eigenvalue weighted by molar-refractivity contribution is -0.128. The second-order valence-electron chi connectivity index (χ2n) is 5.39. The van der Waals surface area contributed by atoms with E-state index in [1.807, 2.05) is 25.1 Å². The highest BCUT2D eigenvalue weighted by Crippen LogP contribution is 2.20. The Morgan fingerprint density at radius 3 is 2.48 bits per heavy atom. The van der Waals surface area contributed by atoms with Crippen LogP contribution >= 0.6 is 0 Å². The van der Waals surface area contributed by atoms with Crippen molar-refractivity contribution in [3.8, 4) is 11.5 Å². The number of para-hydroxylation sites is 1. The van der Waals surface area contributed by atoms with Crippen LogP contribution in [0.1, 0.15) is 29.3 Å². The number of carboxylic acids is 1. The molecule has 0 saturated heterocycles. The van der Waals surface area contributed by atoms with Gasteiger partial charge in [-0.25, -0.2) is 4.79 Å². The van der Waals surface area contributed by atoms with E-state index in [9.17, 15) is 14.7 Å². The molecule has 0 heterocycles. The monoisotopic (exact) mass is 343 g/mol. The molecule has 0 saturated carbocycles. The number of carbonyl (C=O) groups is 2. The van der Waals surface area contributed by atoms with Crippen LogP contribution in [-0.2, 0) is 11.3 Å². The molecule has 2 aromatic rings. The highest BCUT2D eigenvalue weighted by molar-refractivity contribution is 5.91. The van der Waals surface area contributed by atoms with Gasteiger partial charge in [0.05, 0.1) is 7.11 Å². The third kappa shape index (κ3) is 4.97. The highest BCUT2D eigenvalue weighted by Gasteiger charge is 2.18. The first-order chi connectivity index (χ1) is 12.0. The maximum atomic E-state index is 12.3. The zero-order chi connectivity index (χ0) is 18.2. The van der Waals surface area contributed by atoms with Crippen molar-refractivity contribution in [3.63, 3.8) is 0 Å². The van der Waals surface area contributed by atoms with Crippen LogP contribution in [0.4, 0.5) is 0 Å². The van der Waals surface area contributed by atoms with Crippen molar-refractivity contribution in [2.24, 2.45) is 0 Å². The van der Waals surface area contributed by atoms with Crippen LogP contribution in [0.3, 0.4) is 0 Å². The fraction of sp³-hybridized carbons (Fsp3) is 0.263. The topological polar surface area (TPSA) is 84.9 Å². The van der Waals surface area contributed by atoms with Crippen LogP contribution in [0.25, 0.3) is 0 Å². The van der Waals surface area contributed by atoms with Crippen molar-refractivity contribution in [3.05, 3.63) is 59.7 Å². The van der Waals surface area contributed by atoms with Crippen LogP contribution in [-0.4, -0.2) is 30.2 Å². The Balaban J connectivity index is 2.00. The lowest BCUT2D eigenvalue weighted by Gasteiger charge is -2.17. The Hall–Kier alpha value is -3.02. The molecular formula is C19H21NO5. The second kappa shape index (κ2) is 8.73. The summed E-state index contributed by atoms with van der Waals surface area (Å²) in [5, 5.41) is 12.0. The van der Waals surface area contributed by atoms with Crippen molar-refractivity contribution >= 4 is 11.9 Å². The minimum atomic E-state index is -1.08. The smallest absolute Gasteiger partial charge is 0.339 e. The number of carbonyl (C=O) groups excluding carboxylic acids is 1. The number of carboxylic acid groups (broad SMARTS) is 1. The van der Waals surface area contributed by atoms with Gasteiger partial charge in [0, 0.05) is 6.54 Å². The molecule has 0 radical (unpaired) electrons. The van der Waals surface area contributed by atoms with E-state index < -0.39 is 12.1 Å². The van der Waals surface area contributed by atoms with Gasteiger partial charge < -0.3 is 19.9 Å². The van der Waals surface area contributed by atoms with Gasteiger partial charge >= 0.3 is 5.97 Å². The summed E-state index contributed by atoms with van der Waals surface area (Å²) in [4.78, 5) is 23.6. The van der Waals surface area contributed by atoms with Crippen LogP contribution in [0.2, 0.25) is 0 Å². The van der Waals surface area contributed by atoms with Gasteiger partial charge in [-0.1, -0.05) is 31.2 Å². The minimum absolute atomic E-state index is 0.0572. The fourth-order valence-electron chi connectivity index (χ4n) is 2.32. The zero-order valence-electron chi connectivity index (χ0n) is 14.2. The largest absolute Gasteiger partial charge is 0.496 e. The number of hydrogen-bond donors (Lipinski definition) is 2. The van der Waals surface area contributed by atoms with Crippen molar-refractivity contribution in [2.75, 3.05) is 7.11 Å². The molecule has 0 unspecified atom stereocenters. The zero-order valence-corrected chi connectivity index (χ0v) is 14.2. The molecule has 132 valence electrons. The molecule has 2 N–H and O–H groups in total. The summed E-state index contributed by atoms with van der Waals surface area (Å²) >= 11 is 0. The van der Waals surface area contributed by atoms with Gasteiger partial charge in [0.25, 0.3) is 5.91 Å². The Kier molecular flexibility index (Phi) is 6.39. The Bertz CT molecular complexity index is 730. The predicted molar refractivity (Wildman–Crippen MR) is 92.9 cm³/mol. The molecule has 0 spiro atoms. The molecule has 0 aliphatic heterocycles. The number of methoxy groups -OCH3 is 1. The molecule has 0 bridgehead atoms. The summed E-state index contributed by atoms with van der Waals surface area (Å²) in [7, 11) is 1.41. The lowest BCUT2D eigenvalue weighted by Crippen LogP contribution is -2.37. The summed E-state index contributed by atoms with van der Waals surface area (Å²) in [6.45, 7) is 2.07. The summed E-state index contributed by atoms with van der Waals surface area (Å²) < 4.78 is 10.7. The molecule has 6 heteroatoms. The maximum Gasteiger partial charge on any atom is 0.339 e. The first-order valence-electron chi connectivity index (χ1n) is 7.94. The van der Waals surface area contributed by atoms with Gasteiger partial charge in [0.15, 0.2) is 6.10 Å². The molecule has 1 amide bonds. The first-order valence-corrected chi connectivity index (χ1v) is 7.94. The van der Waals surface area contributed by atoms with Gasteiger partial charge in [0.2, 0.25) is 0 Å². The third-order valence-corrected chi connectivity index (χ3v) is 3.65. The van der Waals surface area contributed by atoms with Gasteiger partial charge in [-0.2, -0.15) is 0 Å². The minimum Gasteiger partial charge on any atom is -0.496 e. The Labute approximate surface area is 146 Å². The summed E-state index contributed by atoms with van der Waals surface area (Å²) in [5.41, 5.74) is 0.725. The third-order valence-electron chi connectivity index (χ3n) is 3.65. The van der Waals surface area contributed by atoms with Crippen LogP contribution in [0.15, 0.2) is 48.5 Å². The van der Waals surface area contributed by atoms with Crippen molar-refractivity contribution in [1.82, 2.24) is 5.32 Å². The fourth-order valence-corrected chi connectivity index (χ4v) is 2.32. The SMILES string of the molecule is CC[C@H](Oc1ccccc1)C(=O)NCc1ccc(OC)c(C(=O)O)c1. The molecule has 0 aromatic heterocycles. The first kappa shape index (κ1) is 18.3. The highest BCUT2D eigenvalue weighted by atomic mass is 16.5. The average molecular weight is 343 g/mol. The number of hydrogen-bond acceptors (Lipinski definition) is 4. The van der Waals surface area contributed by atoms with E-state index >= 15 is 0 Å². The predicted octanol–water partition coefficient (Wildman–Crippen LogP) is 2.87. The van der Waals surface area contributed by atoms with E-state index in [-0.39, 0.29) is 23.8 Å². The van der Waals surface area contributed by atoms with E-state index in [0.29, 0.717) is 17.7 Å². The summed E-state index contributed by atoms with van der Waals surface area (Å²) in [6, 6.07) is 13.9. The van der Waals surface area contributed by atoms with E-state index in [1.54, 1.807) is 24.3 Å². The number of aromatic carboxylic acids is 1. The van der Waals surface area contributed by atoms with Crippen molar-refractivity contribution in [1.29, 1.82) is 0 Å². The number of amides is 1. The molecule has 0 fully saturated rings. The number of benzene rings is 2. The summed E-state index contributed by atoms with van der Waals surface area (Å²) in [6.07, 6.45) is -0.0939. The molecule has 25 heavy (non-hydrogen) atoms.